The quantitative estimate of drug-likeness (QED) is 0.324. The van der Waals surface area contributed by atoms with Crippen LogP contribution in [0.2, 0.25) is 0 Å². The van der Waals surface area contributed by atoms with E-state index in [1.165, 1.54) is 10.9 Å². The van der Waals surface area contributed by atoms with Crippen LogP contribution in [0.3, 0.4) is 0 Å². The Kier molecular flexibility index (Phi) is 8.62. The monoisotopic (exact) mass is 525 g/mol. The van der Waals surface area contributed by atoms with E-state index >= 15 is 0 Å². The van der Waals surface area contributed by atoms with Gasteiger partial charge in [0.15, 0.2) is 11.4 Å². The van der Waals surface area contributed by atoms with Crippen molar-refractivity contribution in [3.63, 3.8) is 0 Å². The van der Waals surface area contributed by atoms with E-state index in [1.54, 1.807) is 36.4 Å². The number of anilines is 2. The number of hydrogen-bond acceptors (Lipinski definition) is 7. The zero-order chi connectivity index (χ0) is 26.9. The summed E-state index contributed by atoms with van der Waals surface area (Å²) in [6, 6.07) is 25.9. The van der Waals surface area contributed by atoms with Gasteiger partial charge in [0.25, 0.3) is 11.5 Å². The van der Waals surface area contributed by atoms with E-state index in [1.807, 2.05) is 48.5 Å². The number of carbonyl (C=O) groups excluding carboxylic acids is 1. The second-order valence-electron chi connectivity index (χ2n) is 9.16. The minimum absolute atomic E-state index is 0.177. The van der Waals surface area contributed by atoms with Crippen LogP contribution in [0.25, 0.3) is 0 Å². The minimum atomic E-state index is -0.340. The lowest BCUT2D eigenvalue weighted by molar-refractivity contribution is 0.0383. The van der Waals surface area contributed by atoms with Crippen LogP contribution in [-0.4, -0.2) is 60.0 Å². The molecular formula is C30H31N5O4. The maximum Gasteiger partial charge on any atom is 0.294 e. The summed E-state index contributed by atoms with van der Waals surface area (Å²) in [5.41, 5.74) is 1.92. The number of nitrogens with one attached hydrogen (secondary N) is 2. The molecule has 1 aromatic heterocycles. The molecule has 1 aliphatic rings. The number of rotatable bonds is 10. The van der Waals surface area contributed by atoms with Crippen LogP contribution in [0.4, 0.5) is 11.4 Å². The Bertz CT molecular complexity index is 1440. The van der Waals surface area contributed by atoms with Crippen LogP contribution in [0.15, 0.2) is 95.9 Å². The highest BCUT2D eigenvalue weighted by molar-refractivity contribution is 5.95. The van der Waals surface area contributed by atoms with Gasteiger partial charge in [0.1, 0.15) is 5.75 Å². The number of morpholine rings is 1. The molecule has 0 bridgehead atoms. The normalized spacial score (nSPS) is 13.5. The van der Waals surface area contributed by atoms with E-state index < -0.39 is 0 Å². The molecule has 0 atom stereocenters. The zero-order valence-electron chi connectivity index (χ0n) is 21.6. The first-order valence-electron chi connectivity index (χ1n) is 13.0. The standard InChI is InChI=1S/C30H31N5O4/c36-29(31-14-15-34-16-18-38-19-17-34)24-10-7-11-25(20-24)33-28-27(39-26-12-5-2-6-13-26)21-32-35(30(28)37)22-23-8-3-1-4-9-23/h1-13,20-21,33H,14-19,22H2,(H,31,36). The third-order valence-corrected chi connectivity index (χ3v) is 6.37. The lowest BCUT2D eigenvalue weighted by atomic mass is 10.2. The highest BCUT2D eigenvalue weighted by Gasteiger charge is 2.16. The minimum Gasteiger partial charge on any atom is -0.453 e. The molecule has 0 saturated carbocycles. The molecule has 1 aliphatic heterocycles. The van der Waals surface area contributed by atoms with Gasteiger partial charge in [-0.3, -0.25) is 14.5 Å². The molecular weight excluding hydrogens is 494 g/mol. The van der Waals surface area contributed by atoms with Crippen molar-refractivity contribution < 1.29 is 14.3 Å². The number of nitrogens with zero attached hydrogens (tertiary/aromatic N) is 3. The number of carbonyl (C=O) groups is 1. The highest BCUT2D eigenvalue weighted by Crippen LogP contribution is 2.28. The number of para-hydroxylation sites is 1. The number of benzene rings is 3. The summed E-state index contributed by atoms with van der Waals surface area (Å²) in [5.74, 6) is 0.690. The summed E-state index contributed by atoms with van der Waals surface area (Å²) < 4.78 is 12.8. The van der Waals surface area contributed by atoms with Crippen LogP contribution in [0, 0.1) is 0 Å². The van der Waals surface area contributed by atoms with Gasteiger partial charge < -0.3 is 20.1 Å². The molecule has 9 heteroatoms. The lowest BCUT2D eigenvalue weighted by Crippen LogP contribution is -2.41. The Morgan fingerprint density at radius 3 is 2.46 bits per heavy atom. The van der Waals surface area contributed by atoms with Gasteiger partial charge in [-0.15, -0.1) is 0 Å². The van der Waals surface area contributed by atoms with E-state index in [-0.39, 0.29) is 22.9 Å². The number of hydrogen-bond donors (Lipinski definition) is 2. The molecule has 0 aliphatic carbocycles. The van der Waals surface area contributed by atoms with E-state index in [9.17, 15) is 9.59 Å². The molecule has 3 aromatic carbocycles. The summed E-state index contributed by atoms with van der Waals surface area (Å²) in [6.07, 6.45) is 1.53. The summed E-state index contributed by atoms with van der Waals surface area (Å²) in [4.78, 5) is 28.7. The largest absolute Gasteiger partial charge is 0.453 e. The van der Waals surface area contributed by atoms with Crippen molar-refractivity contribution in [1.29, 1.82) is 0 Å². The summed E-state index contributed by atoms with van der Waals surface area (Å²) in [7, 11) is 0. The van der Waals surface area contributed by atoms with Crippen molar-refractivity contribution in [2.45, 2.75) is 6.54 Å². The molecule has 2 heterocycles. The van der Waals surface area contributed by atoms with E-state index in [4.69, 9.17) is 9.47 Å². The first-order chi connectivity index (χ1) is 19.2. The van der Waals surface area contributed by atoms with E-state index in [0.717, 1.165) is 38.4 Å². The third kappa shape index (κ3) is 7.10. The summed E-state index contributed by atoms with van der Waals surface area (Å²) >= 11 is 0. The Hall–Kier alpha value is -4.47. The predicted molar refractivity (Wildman–Crippen MR) is 150 cm³/mol. The van der Waals surface area contributed by atoms with Gasteiger partial charge in [-0.2, -0.15) is 5.10 Å². The fraction of sp³-hybridized carbons (Fsp3) is 0.233. The van der Waals surface area contributed by atoms with Gasteiger partial charge in [0.05, 0.1) is 26.0 Å². The first-order valence-corrected chi connectivity index (χ1v) is 13.0. The lowest BCUT2D eigenvalue weighted by Gasteiger charge is -2.26. The average Bonchev–Trinajstić information content (AvgIpc) is 2.98. The van der Waals surface area contributed by atoms with Gasteiger partial charge in [-0.1, -0.05) is 54.6 Å². The molecule has 1 fully saturated rings. The molecule has 0 spiro atoms. The smallest absolute Gasteiger partial charge is 0.294 e. The van der Waals surface area contributed by atoms with Gasteiger partial charge in [0.2, 0.25) is 0 Å². The number of amides is 1. The number of aromatic nitrogens is 2. The maximum atomic E-state index is 13.6. The molecule has 9 nitrogen and oxygen atoms in total. The van der Waals surface area contributed by atoms with Gasteiger partial charge in [-0.05, 0) is 35.9 Å². The SMILES string of the molecule is O=C(NCCN1CCOCC1)c1cccc(Nc2c(Oc3ccccc3)cnn(Cc3ccccc3)c2=O)c1. The van der Waals surface area contributed by atoms with Crippen molar-refractivity contribution in [1.82, 2.24) is 20.0 Å². The highest BCUT2D eigenvalue weighted by atomic mass is 16.5. The molecule has 200 valence electrons. The molecule has 0 unspecified atom stereocenters. The fourth-order valence-corrected chi connectivity index (χ4v) is 4.29. The van der Waals surface area contributed by atoms with Crippen molar-refractivity contribution in [3.05, 3.63) is 113 Å². The van der Waals surface area contributed by atoms with Crippen LogP contribution in [-0.2, 0) is 11.3 Å². The molecule has 0 radical (unpaired) electrons. The predicted octanol–water partition coefficient (Wildman–Crippen LogP) is 3.89. The summed E-state index contributed by atoms with van der Waals surface area (Å²) in [6.45, 7) is 4.81. The molecule has 4 aromatic rings. The third-order valence-electron chi connectivity index (χ3n) is 6.37. The number of ether oxygens (including phenoxy) is 2. The molecule has 5 rings (SSSR count). The topological polar surface area (TPSA) is 97.7 Å². The summed E-state index contributed by atoms with van der Waals surface area (Å²) in [5, 5.41) is 10.5. The van der Waals surface area contributed by atoms with Gasteiger partial charge in [-0.25, -0.2) is 4.68 Å². The van der Waals surface area contributed by atoms with Crippen LogP contribution in [0.1, 0.15) is 15.9 Å². The van der Waals surface area contributed by atoms with Crippen molar-refractivity contribution >= 4 is 17.3 Å². The van der Waals surface area contributed by atoms with Crippen molar-refractivity contribution in [2.75, 3.05) is 44.7 Å². The van der Waals surface area contributed by atoms with E-state index in [0.29, 0.717) is 30.1 Å². The second-order valence-corrected chi connectivity index (χ2v) is 9.16. The van der Waals surface area contributed by atoms with Crippen molar-refractivity contribution in [2.24, 2.45) is 0 Å². The van der Waals surface area contributed by atoms with Crippen LogP contribution in [0.5, 0.6) is 11.5 Å². The Labute approximate surface area is 227 Å². The Morgan fingerprint density at radius 2 is 1.69 bits per heavy atom. The van der Waals surface area contributed by atoms with E-state index in [2.05, 4.69) is 20.6 Å². The second kappa shape index (κ2) is 12.9. The molecule has 2 N–H and O–H groups in total. The Morgan fingerprint density at radius 1 is 0.949 bits per heavy atom. The van der Waals surface area contributed by atoms with Gasteiger partial charge in [0, 0.05) is 37.4 Å². The zero-order valence-corrected chi connectivity index (χ0v) is 21.6. The molecule has 39 heavy (non-hydrogen) atoms. The van der Waals surface area contributed by atoms with Gasteiger partial charge >= 0.3 is 0 Å². The van der Waals surface area contributed by atoms with Crippen LogP contribution < -0.4 is 20.9 Å². The fourth-order valence-electron chi connectivity index (χ4n) is 4.29. The first kappa shape index (κ1) is 26.1. The van der Waals surface area contributed by atoms with Crippen LogP contribution >= 0.6 is 0 Å². The molecule has 1 amide bonds. The average molecular weight is 526 g/mol. The van der Waals surface area contributed by atoms with Crippen molar-refractivity contribution in [3.8, 4) is 11.5 Å². The Balaban J connectivity index is 1.35. The maximum absolute atomic E-state index is 13.6. The molecule has 1 saturated heterocycles.